The van der Waals surface area contributed by atoms with Gasteiger partial charge >= 0.3 is 13.1 Å². The molecule has 1 fully saturated rings. The Morgan fingerprint density at radius 1 is 1.26 bits per heavy atom. The largest absolute Gasteiger partial charge is 0.502 e. The van der Waals surface area contributed by atoms with Crippen LogP contribution in [-0.2, 0) is 15.7 Å². The summed E-state index contributed by atoms with van der Waals surface area (Å²) in [6.07, 6.45) is 0.322. The zero-order chi connectivity index (χ0) is 17.6. The van der Waals surface area contributed by atoms with Crippen LogP contribution in [-0.4, -0.2) is 34.3 Å². The summed E-state index contributed by atoms with van der Waals surface area (Å²) in [4.78, 5) is 22.3. The van der Waals surface area contributed by atoms with Gasteiger partial charge < -0.3 is 14.4 Å². The number of benzene rings is 1. The van der Waals surface area contributed by atoms with E-state index in [4.69, 9.17) is 9.31 Å². The number of hydrogen-bond acceptors (Lipinski definition) is 5. The number of rotatable bonds is 4. The fourth-order valence-corrected chi connectivity index (χ4v) is 2.62. The molecule has 0 aliphatic carbocycles. The highest BCUT2D eigenvalue weighted by molar-refractivity contribution is 6.64. The van der Waals surface area contributed by atoms with Crippen molar-refractivity contribution in [1.82, 2.24) is 0 Å². The number of nitro groups is 1. The van der Waals surface area contributed by atoms with Crippen molar-refractivity contribution in [2.75, 3.05) is 0 Å². The van der Waals surface area contributed by atoms with Crippen molar-refractivity contribution < 1.29 is 24.1 Å². The maximum absolute atomic E-state index is 11.4. The third-order valence-corrected chi connectivity index (χ3v) is 4.60. The fraction of sp³-hybridized carbons (Fsp3) is 0.533. The molecule has 1 aliphatic rings. The molecule has 124 valence electrons. The summed E-state index contributed by atoms with van der Waals surface area (Å²) in [5.41, 5.74) is -0.944. The summed E-state index contributed by atoms with van der Waals surface area (Å²) < 4.78 is 11.8. The molecule has 0 amide bonds. The van der Waals surface area contributed by atoms with Crippen LogP contribution < -0.4 is 5.46 Å². The van der Waals surface area contributed by atoms with Gasteiger partial charge in [0.1, 0.15) is 0 Å². The first-order chi connectivity index (χ1) is 10.5. The van der Waals surface area contributed by atoms with Gasteiger partial charge in [-0.2, -0.15) is 0 Å². The van der Waals surface area contributed by atoms with Crippen LogP contribution >= 0.6 is 0 Å². The second-order valence-electron chi connectivity index (χ2n) is 6.53. The minimum absolute atomic E-state index is 0.0304. The Labute approximate surface area is 134 Å². The van der Waals surface area contributed by atoms with Gasteiger partial charge in [-0.25, -0.2) is 4.79 Å². The zero-order valence-electron chi connectivity index (χ0n) is 13.9. The van der Waals surface area contributed by atoms with E-state index < -0.39 is 29.2 Å². The zero-order valence-corrected chi connectivity index (χ0v) is 13.9. The molecule has 7 nitrogen and oxygen atoms in total. The van der Waals surface area contributed by atoms with Crippen LogP contribution in [0.3, 0.4) is 0 Å². The van der Waals surface area contributed by atoms with Crippen molar-refractivity contribution in [3.8, 4) is 0 Å². The molecule has 0 unspecified atom stereocenters. The van der Waals surface area contributed by atoms with Gasteiger partial charge in [0.2, 0.25) is 0 Å². The van der Waals surface area contributed by atoms with Gasteiger partial charge in [-0.15, -0.1) is 0 Å². The Kier molecular flexibility index (Phi) is 4.25. The normalized spacial score (nSPS) is 18.9. The molecule has 1 aromatic carbocycles. The molecule has 2 rings (SSSR count). The molecule has 0 bridgehead atoms. The summed E-state index contributed by atoms with van der Waals surface area (Å²) in [5, 5.41) is 20.7. The highest BCUT2D eigenvalue weighted by atomic mass is 16.7. The second-order valence-corrected chi connectivity index (χ2v) is 6.53. The summed E-state index contributed by atoms with van der Waals surface area (Å²) >= 11 is 0. The van der Waals surface area contributed by atoms with E-state index in [1.165, 1.54) is 12.1 Å². The Balaban J connectivity index is 2.67. The lowest BCUT2D eigenvalue weighted by Crippen LogP contribution is -2.41. The lowest BCUT2D eigenvalue weighted by molar-refractivity contribution is -0.383. The SMILES string of the molecule is CCc1c(C(=O)O)ccc([N+](=O)[O-])c1B1OC(C)(C)C(C)(C)O1. The van der Waals surface area contributed by atoms with Crippen molar-refractivity contribution in [1.29, 1.82) is 0 Å². The standard InChI is InChI=1S/C15H20BNO6/c1-6-9-10(13(18)19)7-8-11(17(20)21)12(9)16-22-14(2,3)15(4,5)23-16/h7-8H,6H2,1-5H3,(H,18,19). The van der Waals surface area contributed by atoms with Crippen molar-refractivity contribution >= 4 is 24.2 Å². The van der Waals surface area contributed by atoms with E-state index in [1.54, 1.807) is 6.92 Å². The third kappa shape index (κ3) is 2.84. The smallest absolute Gasteiger partial charge is 0.478 e. The van der Waals surface area contributed by atoms with Crippen LogP contribution in [0.1, 0.15) is 50.5 Å². The number of aromatic carboxylic acids is 1. The van der Waals surface area contributed by atoms with Crippen molar-refractivity contribution in [3.63, 3.8) is 0 Å². The topological polar surface area (TPSA) is 98.9 Å². The van der Waals surface area contributed by atoms with Crippen LogP contribution in [0.25, 0.3) is 0 Å². The number of carboxylic acids is 1. The molecule has 23 heavy (non-hydrogen) atoms. The highest BCUT2D eigenvalue weighted by Crippen LogP contribution is 2.37. The van der Waals surface area contributed by atoms with Crippen LogP contribution in [0.4, 0.5) is 5.69 Å². The van der Waals surface area contributed by atoms with Gasteiger partial charge in [-0.3, -0.25) is 10.1 Å². The molecule has 0 radical (unpaired) electrons. The maximum Gasteiger partial charge on any atom is 0.502 e. The first kappa shape index (κ1) is 17.4. The van der Waals surface area contributed by atoms with E-state index in [1.807, 2.05) is 27.7 Å². The molecule has 1 heterocycles. The van der Waals surface area contributed by atoms with Crippen molar-refractivity contribution in [2.45, 2.75) is 52.2 Å². The predicted octanol–water partition coefficient (Wildman–Crippen LogP) is 2.15. The summed E-state index contributed by atoms with van der Waals surface area (Å²) in [6.45, 7) is 9.11. The fourth-order valence-electron chi connectivity index (χ4n) is 2.62. The Morgan fingerprint density at radius 3 is 2.17 bits per heavy atom. The van der Waals surface area contributed by atoms with E-state index in [9.17, 15) is 20.0 Å². The van der Waals surface area contributed by atoms with Crippen LogP contribution in [0.2, 0.25) is 0 Å². The predicted molar refractivity (Wildman–Crippen MR) is 85.1 cm³/mol. The van der Waals surface area contributed by atoms with Gasteiger partial charge in [-0.05, 0) is 45.7 Å². The number of carboxylic acid groups (broad SMARTS) is 1. The molecule has 0 atom stereocenters. The van der Waals surface area contributed by atoms with Gasteiger partial charge in [-0.1, -0.05) is 6.92 Å². The lowest BCUT2D eigenvalue weighted by atomic mass is 9.72. The molecular formula is C15H20BNO6. The molecule has 1 N–H and O–H groups in total. The van der Waals surface area contributed by atoms with E-state index in [2.05, 4.69) is 0 Å². The van der Waals surface area contributed by atoms with E-state index >= 15 is 0 Å². The van der Waals surface area contributed by atoms with Crippen LogP contribution in [0, 0.1) is 10.1 Å². The Morgan fingerprint density at radius 2 is 1.78 bits per heavy atom. The van der Waals surface area contributed by atoms with Crippen LogP contribution in [0.5, 0.6) is 0 Å². The highest BCUT2D eigenvalue weighted by Gasteiger charge is 2.54. The maximum atomic E-state index is 11.4. The second kappa shape index (κ2) is 5.61. The monoisotopic (exact) mass is 321 g/mol. The van der Waals surface area contributed by atoms with Gasteiger partial charge in [0.25, 0.3) is 5.69 Å². The molecule has 1 aromatic rings. The molecule has 1 aliphatic heterocycles. The summed E-state index contributed by atoms with van der Waals surface area (Å²) in [6, 6.07) is 2.46. The van der Waals surface area contributed by atoms with Gasteiger partial charge in [0, 0.05) is 6.07 Å². The number of nitro benzene ring substituents is 1. The Bertz CT molecular complexity index is 654. The molecule has 0 aromatic heterocycles. The number of carbonyl (C=O) groups is 1. The molecule has 0 saturated carbocycles. The summed E-state index contributed by atoms with van der Waals surface area (Å²) in [5.74, 6) is -1.13. The molecular weight excluding hydrogens is 301 g/mol. The van der Waals surface area contributed by atoms with Crippen molar-refractivity contribution in [2.24, 2.45) is 0 Å². The third-order valence-electron chi connectivity index (χ3n) is 4.60. The van der Waals surface area contributed by atoms with E-state index in [-0.39, 0.29) is 16.7 Å². The van der Waals surface area contributed by atoms with Gasteiger partial charge in [0.05, 0.1) is 27.2 Å². The summed E-state index contributed by atoms with van der Waals surface area (Å²) in [7, 11) is -0.977. The minimum atomic E-state index is -1.13. The first-order valence-electron chi connectivity index (χ1n) is 7.41. The average molecular weight is 321 g/mol. The van der Waals surface area contributed by atoms with E-state index in [0.29, 0.717) is 12.0 Å². The lowest BCUT2D eigenvalue weighted by Gasteiger charge is -2.32. The van der Waals surface area contributed by atoms with Gasteiger partial charge in [0.15, 0.2) is 0 Å². The number of nitrogens with zero attached hydrogens (tertiary/aromatic N) is 1. The number of hydrogen-bond donors (Lipinski definition) is 1. The minimum Gasteiger partial charge on any atom is -0.478 e. The first-order valence-corrected chi connectivity index (χ1v) is 7.41. The van der Waals surface area contributed by atoms with E-state index in [0.717, 1.165) is 0 Å². The molecule has 8 heteroatoms. The van der Waals surface area contributed by atoms with Crippen LogP contribution in [0.15, 0.2) is 12.1 Å². The quantitative estimate of drug-likeness (QED) is 0.518. The van der Waals surface area contributed by atoms with Crippen molar-refractivity contribution in [3.05, 3.63) is 33.4 Å². The Hall–Kier alpha value is -1.93. The average Bonchev–Trinajstić information content (AvgIpc) is 2.65. The molecule has 0 spiro atoms. The molecule has 1 saturated heterocycles.